The summed E-state index contributed by atoms with van der Waals surface area (Å²) in [6.45, 7) is 0. The lowest BCUT2D eigenvalue weighted by atomic mass is 10.0. The van der Waals surface area contributed by atoms with Crippen molar-refractivity contribution in [2.24, 2.45) is 0 Å². The molecule has 0 unspecified atom stereocenters. The molecule has 0 fully saturated rings. The van der Waals surface area contributed by atoms with E-state index in [-0.39, 0.29) is 0 Å². The second-order valence-corrected chi connectivity index (χ2v) is 9.95. The largest absolute Gasteiger partial charge is 0.456 e. The summed E-state index contributed by atoms with van der Waals surface area (Å²) in [5.74, 6) is 1.67. The van der Waals surface area contributed by atoms with Crippen molar-refractivity contribution in [3.63, 3.8) is 0 Å². The summed E-state index contributed by atoms with van der Waals surface area (Å²) in [5, 5.41) is 0. The quantitative estimate of drug-likeness (QED) is 0.221. The summed E-state index contributed by atoms with van der Waals surface area (Å²) >= 11 is 1.77. The minimum absolute atomic E-state index is 0.820. The van der Waals surface area contributed by atoms with Crippen molar-refractivity contribution >= 4 is 28.7 Å². The Morgan fingerprint density at radius 1 is 0.486 bits per heavy atom. The average Bonchev–Trinajstić information content (AvgIpc) is 2.99. The first-order valence-electron chi connectivity index (χ1n) is 12.3. The number of hydrogen-bond acceptors (Lipinski definition) is 1. The maximum atomic E-state index is 6.47. The summed E-state index contributed by atoms with van der Waals surface area (Å²) < 4.78 is 6.47. The van der Waals surface area contributed by atoms with E-state index in [2.05, 4.69) is 127 Å². The van der Waals surface area contributed by atoms with Gasteiger partial charge in [0.25, 0.3) is 0 Å². The van der Waals surface area contributed by atoms with Crippen LogP contribution >= 0.6 is 11.3 Å². The molecule has 2 heterocycles. The van der Waals surface area contributed by atoms with Crippen molar-refractivity contribution in [3.8, 4) is 21.6 Å². The molecule has 0 saturated carbocycles. The Morgan fingerprint density at radius 3 is 1.65 bits per heavy atom. The second kappa shape index (κ2) is 10.6. The van der Waals surface area contributed by atoms with Crippen molar-refractivity contribution in [1.29, 1.82) is 0 Å². The first-order chi connectivity index (χ1) is 18.3. The third kappa shape index (κ3) is 5.35. The van der Waals surface area contributed by atoms with Crippen molar-refractivity contribution in [3.05, 3.63) is 167 Å². The van der Waals surface area contributed by atoms with Gasteiger partial charge >= 0.3 is 0 Å². The van der Waals surface area contributed by atoms with Crippen LogP contribution in [0.15, 0.2) is 151 Å². The molecule has 0 saturated heterocycles. The fourth-order valence-corrected chi connectivity index (χ4v) is 5.47. The maximum Gasteiger partial charge on any atom is 0.239 e. The lowest BCUT2D eigenvalue weighted by Crippen LogP contribution is -1.99. The molecule has 0 amide bonds. The van der Waals surface area contributed by atoms with Crippen LogP contribution in [0.4, 0.5) is 0 Å². The van der Waals surface area contributed by atoms with Crippen LogP contribution in [0.3, 0.4) is 0 Å². The molecule has 0 spiro atoms. The second-order valence-electron chi connectivity index (χ2n) is 8.83. The summed E-state index contributed by atoms with van der Waals surface area (Å²) in [7, 11) is 0. The van der Waals surface area contributed by atoms with E-state index in [0.29, 0.717) is 0 Å². The summed E-state index contributed by atoms with van der Waals surface area (Å²) in [6, 6.07) is 46.4. The minimum atomic E-state index is 0.820. The van der Waals surface area contributed by atoms with Gasteiger partial charge in [-0.25, -0.2) is 0 Å². The molecule has 4 aromatic carbocycles. The van der Waals surface area contributed by atoms with Gasteiger partial charge in [0.05, 0.1) is 0 Å². The van der Waals surface area contributed by atoms with E-state index >= 15 is 0 Å². The highest BCUT2D eigenvalue weighted by Gasteiger charge is 2.20. The molecule has 0 N–H and O–H groups in total. The van der Waals surface area contributed by atoms with Crippen molar-refractivity contribution in [2.75, 3.05) is 0 Å². The van der Waals surface area contributed by atoms with E-state index in [0.717, 1.165) is 33.1 Å². The van der Waals surface area contributed by atoms with Gasteiger partial charge in [0.2, 0.25) is 21.1 Å². The molecule has 6 rings (SSSR count). The van der Waals surface area contributed by atoms with Crippen LogP contribution < -0.4 is 0 Å². The highest BCUT2D eigenvalue weighted by Crippen LogP contribution is 2.36. The fraction of sp³-hybridized carbons (Fsp3) is 0. The molecule has 1 aliphatic rings. The number of benzene rings is 4. The number of ether oxygens (including phenoxy) is 1. The van der Waals surface area contributed by atoms with Crippen molar-refractivity contribution < 1.29 is 4.74 Å². The number of hydrogen-bond donors (Lipinski definition) is 0. The van der Waals surface area contributed by atoms with Crippen LogP contribution in [0.25, 0.3) is 39.0 Å². The van der Waals surface area contributed by atoms with Gasteiger partial charge in [-0.15, -0.1) is 0 Å². The Hall–Kier alpha value is -4.53. The molecule has 1 nitrogen and oxygen atoms in total. The molecule has 2 heteroatoms. The fourth-order valence-electron chi connectivity index (χ4n) is 4.41. The third-order valence-corrected chi connectivity index (χ3v) is 7.28. The summed E-state index contributed by atoms with van der Waals surface area (Å²) in [5.41, 5.74) is 6.94. The zero-order valence-electron chi connectivity index (χ0n) is 20.3. The van der Waals surface area contributed by atoms with Gasteiger partial charge in [0.15, 0.2) is 0 Å². The predicted octanol–water partition coefficient (Wildman–Crippen LogP) is 9.86. The van der Waals surface area contributed by atoms with E-state index in [1.165, 1.54) is 21.6 Å². The van der Waals surface area contributed by atoms with Crippen LogP contribution in [0.2, 0.25) is 0 Å². The molecular formula is C35H25OS+. The van der Waals surface area contributed by atoms with Gasteiger partial charge in [-0.1, -0.05) is 109 Å². The summed E-state index contributed by atoms with van der Waals surface area (Å²) in [6.07, 6.45) is 6.41. The number of allylic oxidation sites excluding steroid dienone is 3. The predicted molar refractivity (Wildman–Crippen MR) is 157 cm³/mol. The topological polar surface area (TPSA) is 9.23 Å². The van der Waals surface area contributed by atoms with Crippen LogP contribution in [-0.4, -0.2) is 0 Å². The monoisotopic (exact) mass is 493 g/mol. The Bertz CT molecular complexity index is 1540. The molecule has 0 bridgehead atoms. The molecule has 0 aliphatic carbocycles. The van der Waals surface area contributed by atoms with Gasteiger partial charge in [0.1, 0.15) is 11.5 Å². The van der Waals surface area contributed by atoms with Gasteiger partial charge in [-0.05, 0) is 46.5 Å². The lowest BCUT2D eigenvalue weighted by Gasteiger charge is -2.18. The standard InChI is InChI=1S/C35H25OS/c1-5-13-26(14-6-1)30-21-32(36-34(23-30)28-17-9-3-10-18-28)25-33-22-31(27-15-7-2-8-16-27)24-35(37-33)29-19-11-4-12-20-29/h1-25H/q+1/b32-25+. The normalized spacial score (nSPS) is 14.0. The summed E-state index contributed by atoms with van der Waals surface area (Å²) in [4.78, 5) is 2.35. The maximum absolute atomic E-state index is 6.47. The van der Waals surface area contributed by atoms with E-state index in [9.17, 15) is 0 Å². The van der Waals surface area contributed by atoms with Crippen LogP contribution in [0.1, 0.15) is 16.0 Å². The molecule has 1 aliphatic heterocycles. The van der Waals surface area contributed by atoms with Crippen molar-refractivity contribution in [1.82, 2.24) is 0 Å². The first-order valence-corrected chi connectivity index (χ1v) is 13.2. The van der Waals surface area contributed by atoms with E-state index in [4.69, 9.17) is 4.74 Å². The average molecular weight is 494 g/mol. The molecular weight excluding hydrogens is 468 g/mol. The third-order valence-electron chi connectivity index (χ3n) is 6.24. The van der Waals surface area contributed by atoms with Crippen molar-refractivity contribution in [2.45, 2.75) is 0 Å². The smallest absolute Gasteiger partial charge is 0.239 e. The zero-order chi connectivity index (χ0) is 24.9. The molecule has 0 radical (unpaired) electrons. The van der Waals surface area contributed by atoms with Crippen LogP contribution in [0, 0.1) is 0 Å². The Balaban J connectivity index is 1.47. The van der Waals surface area contributed by atoms with Crippen LogP contribution in [-0.2, 0) is 4.74 Å². The minimum Gasteiger partial charge on any atom is -0.456 e. The van der Waals surface area contributed by atoms with E-state index in [1.807, 2.05) is 24.3 Å². The highest BCUT2D eigenvalue weighted by molar-refractivity contribution is 7.16. The molecule has 5 aromatic rings. The molecule has 176 valence electrons. The highest BCUT2D eigenvalue weighted by atomic mass is 32.1. The van der Waals surface area contributed by atoms with Gasteiger partial charge in [0, 0.05) is 29.3 Å². The Kier molecular flexibility index (Phi) is 6.57. The van der Waals surface area contributed by atoms with Crippen LogP contribution in [0.5, 0.6) is 0 Å². The van der Waals surface area contributed by atoms with Gasteiger partial charge in [-0.2, -0.15) is 0 Å². The van der Waals surface area contributed by atoms with E-state index < -0.39 is 0 Å². The molecule has 37 heavy (non-hydrogen) atoms. The Morgan fingerprint density at radius 2 is 1.03 bits per heavy atom. The molecule has 0 atom stereocenters. The van der Waals surface area contributed by atoms with Gasteiger partial charge < -0.3 is 4.74 Å². The molecule has 1 aromatic heterocycles. The van der Waals surface area contributed by atoms with Gasteiger partial charge in [-0.3, -0.25) is 0 Å². The Labute approximate surface area is 222 Å². The first kappa shape index (κ1) is 22.9. The lowest BCUT2D eigenvalue weighted by molar-refractivity contribution is 0.402. The SMILES string of the molecule is C1=C(c2ccccc2)C=C(c2ccccc2)O/C1=C/c1cc(-c2ccccc2)cc(-c2ccccc2)[s+]1. The number of rotatable bonds is 5. The van der Waals surface area contributed by atoms with E-state index in [1.54, 1.807) is 11.3 Å². The zero-order valence-corrected chi connectivity index (χ0v) is 21.1.